The molecule has 0 aliphatic carbocycles. The van der Waals surface area contributed by atoms with Crippen LogP contribution in [0, 0.1) is 0 Å². The van der Waals surface area contributed by atoms with E-state index in [1.165, 1.54) is 6.07 Å². The Morgan fingerprint density at radius 1 is 1.03 bits per heavy atom. The fraction of sp³-hybridized carbons (Fsp3) is 0.318. The summed E-state index contributed by atoms with van der Waals surface area (Å²) in [6.45, 7) is 3.85. The maximum absolute atomic E-state index is 12.8. The Morgan fingerprint density at radius 3 is 2.44 bits per heavy atom. The fourth-order valence-electron chi connectivity index (χ4n) is 3.41. The van der Waals surface area contributed by atoms with E-state index in [9.17, 15) is 13.2 Å². The maximum atomic E-state index is 12.8. The van der Waals surface area contributed by atoms with Gasteiger partial charge in [0.15, 0.2) is 5.82 Å². The van der Waals surface area contributed by atoms with Crippen LogP contribution in [0.25, 0.3) is 11.3 Å². The SMILES string of the molecule is CN1CCN(c2ccc(-c3cnc(N)c(OCc4ccnc(C(F)(F)F)c4)n3)cc2)CC1. The Kier molecular flexibility index (Phi) is 6.13. The van der Waals surface area contributed by atoms with E-state index in [1.807, 2.05) is 24.3 Å². The number of hydrogen-bond acceptors (Lipinski definition) is 7. The van der Waals surface area contributed by atoms with Gasteiger partial charge in [-0.05, 0) is 36.9 Å². The second-order valence-electron chi connectivity index (χ2n) is 7.62. The molecule has 0 unspecified atom stereocenters. The molecule has 1 fully saturated rings. The van der Waals surface area contributed by atoms with Crippen molar-refractivity contribution in [3.8, 4) is 17.1 Å². The first-order chi connectivity index (χ1) is 15.3. The summed E-state index contributed by atoms with van der Waals surface area (Å²) in [6, 6.07) is 10.4. The molecule has 7 nitrogen and oxygen atoms in total. The van der Waals surface area contributed by atoms with Crippen molar-refractivity contribution in [2.75, 3.05) is 43.9 Å². The fourth-order valence-corrected chi connectivity index (χ4v) is 3.41. The van der Waals surface area contributed by atoms with E-state index in [0.29, 0.717) is 11.3 Å². The number of nitrogens with zero attached hydrogens (tertiary/aromatic N) is 5. The molecule has 3 aromatic rings. The smallest absolute Gasteiger partial charge is 0.433 e. The van der Waals surface area contributed by atoms with Crippen molar-refractivity contribution in [3.05, 3.63) is 60.0 Å². The number of alkyl halides is 3. The molecule has 1 aliphatic heterocycles. The number of nitrogens with two attached hydrogens (primary N) is 1. The first-order valence-electron chi connectivity index (χ1n) is 10.1. The summed E-state index contributed by atoms with van der Waals surface area (Å²) in [6.07, 6.45) is -1.89. The first-order valence-corrected chi connectivity index (χ1v) is 10.1. The van der Waals surface area contributed by atoms with Gasteiger partial charge in [0.1, 0.15) is 12.3 Å². The molecular weight excluding hydrogens is 421 g/mol. The highest BCUT2D eigenvalue weighted by Gasteiger charge is 2.32. The summed E-state index contributed by atoms with van der Waals surface area (Å²) in [5.41, 5.74) is 7.72. The average Bonchev–Trinajstić information content (AvgIpc) is 2.79. The quantitative estimate of drug-likeness (QED) is 0.645. The van der Waals surface area contributed by atoms with Crippen LogP contribution in [0.5, 0.6) is 5.88 Å². The molecular formula is C22H23F3N6O. The summed E-state index contributed by atoms with van der Waals surface area (Å²) in [4.78, 5) is 16.5. The number of hydrogen-bond donors (Lipinski definition) is 1. The topological polar surface area (TPSA) is 80.4 Å². The van der Waals surface area contributed by atoms with E-state index in [1.54, 1.807) is 6.20 Å². The third-order valence-electron chi connectivity index (χ3n) is 5.29. The predicted octanol–water partition coefficient (Wildman–Crippen LogP) is 3.47. The van der Waals surface area contributed by atoms with Crippen LogP contribution in [-0.4, -0.2) is 53.1 Å². The molecule has 1 saturated heterocycles. The van der Waals surface area contributed by atoms with Crippen LogP contribution in [0.1, 0.15) is 11.3 Å². The highest BCUT2D eigenvalue weighted by atomic mass is 19.4. The highest BCUT2D eigenvalue weighted by Crippen LogP contribution is 2.29. The lowest BCUT2D eigenvalue weighted by atomic mass is 10.1. The molecule has 2 aromatic heterocycles. The molecule has 0 radical (unpaired) electrons. The zero-order chi connectivity index (χ0) is 22.7. The molecule has 4 rings (SSSR count). The summed E-state index contributed by atoms with van der Waals surface area (Å²) in [5, 5.41) is 0. The summed E-state index contributed by atoms with van der Waals surface area (Å²) in [7, 11) is 2.11. The van der Waals surface area contributed by atoms with Crippen molar-refractivity contribution in [2.45, 2.75) is 12.8 Å². The lowest BCUT2D eigenvalue weighted by Crippen LogP contribution is -2.44. The number of ether oxygens (including phenoxy) is 1. The Hall–Kier alpha value is -3.40. The number of anilines is 2. The molecule has 1 aromatic carbocycles. The van der Waals surface area contributed by atoms with Crippen molar-refractivity contribution in [1.82, 2.24) is 19.9 Å². The van der Waals surface area contributed by atoms with Crippen molar-refractivity contribution in [3.63, 3.8) is 0 Å². The van der Waals surface area contributed by atoms with Crippen molar-refractivity contribution >= 4 is 11.5 Å². The molecule has 0 atom stereocenters. The van der Waals surface area contributed by atoms with E-state index in [-0.39, 0.29) is 18.3 Å². The Labute approximate surface area is 183 Å². The van der Waals surface area contributed by atoms with Crippen molar-refractivity contribution < 1.29 is 17.9 Å². The number of nitrogen functional groups attached to an aromatic ring is 1. The van der Waals surface area contributed by atoms with Gasteiger partial charge in [-0.25, -0.2) is 9.97 Å². The van der Waals surface area contributed by atoms with Crippen LogP contribution in [0.4, 0.5) is 24.7 Å². The predicted molar refractivity (Wildman–Crippen MR) is 115 cm³/mol. The standard InChI is InChI=1S/C22H23F3N6O/c1-30-8-10-31(11-9-30)17-4-2-16(3-5-17)18-13-28-20(26)21(29-18)32-14-15-6-7-27-19(12-15)22(23,24)25/h2-7,12-13H,8-11,14H2,1H3,(H2,26,28). The number of likely N-dealkylation sites (N-methyl/N-ethyl adjacent to an activating group) is 1. The lowest BCUT2D eigenvalue weighted by Gasteiger charge is -2.34. The van der Waals surface area contributed by atoms with E-state index < -0.39 is 11.9 Å². The van der Waals surface area contributed by atoms with E-state index >= 15 is 0 Å². The largest absolute Gasteiger partial charge is 0.470 e. The van der Waals surface area contributed by atoms with E-state index in [4.69, 9.17) is 10.5 Å². The minimum Gasteiger partial charge on any atom is -0.470 e. The van der Waals surface area contributed by atoms with Crippen LogP contribution in [0.15, 0.2) is 48.8 Å². The van der Waals surface area contributed by atoms with Gasteiger partial charge in [-0.2, -0.15) is 13.2 Å². The van der Waals surface area contributed by atoms with Gasteiger partial charge >= 0.3 is 6.18 Å². The number of pyridine rings is 1. The van der Waals surface area contributed by atoms with Gasteiger partial charge < -0.3 is 20.3 Å². The number of benzene rings is 1. The molecule has 2 N–H and O–H groups in total. The van der Waals surface area contributed by atoms with E-state index in [0.717, 1.165) is 49.7 Å². The minimum absolute atomic E-state index is 0.0629. The van der Waals surface area contributed by atoms with Gasteiger partial charge in [0.25, 0.3) is 5.88 Å². The average molecular weight is 444 g/mol. The second kappa shape index (κ2) is 8.99. The molecule has 0 bridgehead atoms. The summed E-state index contributed by atoms with van der Waals surface area (Å²) >= 11 is 0. The second-order valence-corrected chi connectivity index (χ2v) is 7.62. The van der Waals surface area contributed by atoms with Gasteiger partial charge in [0.05, 0.1) is 11.9 Å². The molecule has 1 aliphatic rings. The molecule has 0 spiro atoms. The Balaban J connectivity index is 1.47. The zero-order valence-corrected chi connectivity index (χ0v) is 17.5. The molecule has 3 heterocycles. The minimum atomic E-state index is -4.52. The van der Waals surface area contributed by atoms with Crippen LogP contribution < -0.4 is 15.4 Å². The normalized spacial score (nSPS) is 15.1. The summed E-state index contributed by atoms with van der Waals surface area (Å²) < 4.78 is 44.1. The molecule has 32 heavy (non-hydrogen) atoms. The van der Waals surface area contributed by atoms with Crippen LogP contribution >= 0.6 is 0 Å². The summed E-state index contributed by atoms with van der Waals surface area (Å²) in [5.74, 6) is 0.129. The molecule has 10 heteroatoms. The monoisotopic (exact) mass is 444 g/mol. The van der Waals surface area contributed by atoms with Crippen LogP contribution in [0.3, 0.4) is 0 Å². The third kappa shape index (κ3) is 5.08. The lowest BCUT2D eigenvalue weighted by molar-refractivity contribution is -0.141. The number of piperazine rings is 1. The van der Waals surface area contributed by atoms with Crippen LogP contribution in [0.2, 0.25) is 0 Å². The van der Waals surface area contributed by atoms with Gasteiger partial charge in [0, 0.05) is 43.6 Å². The first kappa shape index (κ1) is 21.8. The molecule has 0 amide bonds. The Morgan fingerprint density at radius 2 is 1.75 bits per heavy atom. The van der Waals surface area contributed by atoms with Gasteiger partial charge in [-0.1, -0.05) is 12.1 Å². The zero-order valence-electron chi connectivity index (χ0n) is 17.5. The van der Waals surface area contributed by atoms with E-state index in [2.05, 4.69) is 31.8 Å². The third-order valence-corrected chi connectivity index (χ3v) is 5.29. The highest BCUT2D eigenvalue weighted by molar-refractivity contribution is 5.64. The number of aromatic nitrogens is 3. The van der Waals surface area contributed by atoms with Gasteiger partial charge in [0.2, 0.25) is 0 Å². The molecule has 0 saturated carbocycles. The maximum Gasteiger partial charge on any atom is 0.433 e. The number of rotatable bonds is 5. The van der Waals surface area contributed by atoms with Gasteiger partial charge in [-0.15, -0.1) is 0 Å². The molecule has 168 valence electrons. The van der Waals surface area contributed by atoms with Crippen molar-refractivity contribution in [1.29, 1.82) is 0 Å². The van der Waals surface area contributed by atoms with Crippen molar-refractivity contribution in [2.24, 2.45) is 0 Å². The van der Waals surface area contributed by atoms with Crippen LogP contribution in [-0.2, 0) is 12.8 Å². The number of halogens is 3. The Bertz CT molecular complexity index is 1070. The van der Waals surface area contributed by atoms with Gasteiger partial charge in [-0.3, -0.25) is 4.98 Å².